The highest BCUT2D eigenvalue weighted by atomic mass is 19.1. The molecule has 0 amide bonds. The summed E-state index contributed by atoms with van der Waals surface area (Å²) in [6, 6.07) is 15.1. The third-order valence-corrected chi connectivity index (χ3v) is 3.55. The van der Waals surface area contributed by atoms with Crippen LogP contribution >= 0.6 is 0 Å². The molecule has 1 unspecified atom stereocenters. The molecule has 3 heteroatoms. The van der Waals surface area contributed by atoms with Crippen LogP contribution in [-0.4, -0.2) is 0 Å². The second kappa shape index (κ2) is 7.34. The number of rotatable bonds is 6. The summed E-state index contributed by atoms with van der Waals surface area (Å²) >= 11 is 0. The number of benzene rings is 2. The predicted molar refractivity (Wildman–Crippen MR) is 85.2 cm³/mol. The minimum atomic E-state index is -0.213. The van der Waals surface area contributed by atoms with Crippen molar-refractivity contribution in [2.75, 3.05) is 0 Å². The lowest BCUT2D eigenvalue weighted by Crippen LogP contribution is -2.29. The number of hydrazine groups is 1. The summed E-state index contributed by atoms with van der Waals surface area (Å²) in [6.45, 7) is 4.42. The second-order valence-corrected chi connectivity index (χ2v) is 5.89. The van der Waals surface area contributed by atoms with Crippen LogP contribution in [0.4, 0.5) is 4.39 Å². The number of hydrogen-bond donors (Lipinski definition) is 2. The highest BCUT2D eigenvalue weighted by Gasteiger charge is 2.11. The largest absolute Gasteiger partial charge is 0.271 e. The van der Waals surface area contributed by atoms with Crippen LogP contribution in [0, 0.1) is 11.7 Å². The van der Waals surface area contributed by atoms with Gasteiger partial charge in [-0.2, -0.15) is 0 Å². The van der Waals surface area contributed by atoms with E-state index >= 15 is 0 Å². The van der Waals surface area contributed by atoms with Gasteiger partial charge in [0.15, 0.2) is 0 Å². The summed E-state index contributed by atoms with van der Waals surface area (Å²) in [5.74, 6) is 6.12. The average molecular weight is 286 g/mol. The highest BCUT2D eigenvalue weighted by molar-refractivity contribution is 5.28. The van der Waals surface area contributed by atoms with Crippen LogP contribution in [0.2, 0.25) is 0 Å². The standard InChI is InChI=1S/C18H23FN2/c1-13(2)10-15-4-3-5-16(11-15)18(21-20)12-14-6-8-17(19)9-7-14/h3-9,11,13,18,21H,10,12,20H2,1-2H3. The van der Waals surface area contributed by atoms with Crippen molar-refractivity contribution in [1.29, 1.82) is 0 Å². The van der Waals surface area contributed by atoms with E-state index in [1.165, 1.54) is 23.3 Å². The summed E-state index contributed by atoms with van der Waals surface area (Å²) in [7, 11) is 0. The Labute approximate surface area is 126 Å². The molecule has 3 N–H and O–H groups in total. The third-order valence-electron chi connectivity index (χ3n) is 3.55. The van der Waals surface area contributed by atoms with Crippen molar-refractivity contribution in [1.82, 2.24) is 5.43 Å². The molecule has 0 spiro atoms. The Morgan fingerprint density at radius 1 is 1.00 bits per heavy atom. The minimum absolute atomic E-state index is 0.0302. The van der Waals surface area contributed by atoms with Crippen LogP contribution in [0.5, 0.6) is 0 Å². The summed E-state index contributed by atoms with van der Waals surface area (Å²) in [5.41, 5.74) is 6.42. The smallest absolute Gasteiger partial charge is 0.123 e. The van der Waals surface area contributed by atoms with Gasteiger partial charge in [0.05, 0.1) is 0 Å². The van der Waals surface area contributed by atoms with Crippen LogP contribution in [0.15, 0.2) is 48.5 Å². The van der Waals surface area contributed by atoms with Crippen LogP contribution in [0.25, 0.3) is 0 Å². The maximum atomic E-state index is 13.0. The van der Waals surface area contributed by atoms with Gasteiger partial charge in [-0.15, -0.1) is 0 Å². The molecule has 2 nitrogen and oxygen atoms in total. The Kier molecular flexibility index (Phi) is 5.48. The van der Waals surface area contributed by atoms with Gasteiger partial charge < -0.3 is 0 Å². The van der Waals surface area contributed by atoms with Gasteiger partial charge in [0.1, 0.15) is 5.82 Å². The van der Waals surface area contributed by atoms with Crippen LogP contribution in [0.1, 0.15) is 36.6 Å². The Morgan fingerprint density at radius 2 is 1.71 bits per heavy atom. The Bertz CT molecular complexity index is 564. The maximum Gasteiger partial charge on any atom is 0.123 e. The molecule has 112 valence electrons. The summed E-state index contributed by atoms with van der Waals surface area (Å²) in [5, 5.41) is 0. The lowest BCUT2D eigenvalue weighted by molar-refractivity contribution is 0.549. The molecule has 0 bridgehead atoms. The SMILES string of the molecule is CC(C)Cc1cccc(C(Cc2ccc(F)cc2)NN)c1. The average Bonchev–Trinajstić information content (AvgIpc) is 2.46. The van der Waals surface area contributed by atoms with Crippen molar-refractivity contribution >= 4 is 0 Å². The van der Waals surface area contributed by atoms with Gasteiger partial charge in [0.25, 0.3) is 0 Å². The quantitative estimate of drug-likeness (QED) is 0.626. The van der Waals surface area contributed by atoms with Crippen molar-refractivity contribution in [2.24, 2.45) is 11.8 Å². The first-order valence-corrected chi connectivity index (χ1v) is 7.38. The molecule has 2 aromatic rings. The molecule has 21 heavy (non-hydrogen) atoms. The number of nitrogens with one attached hydrogen (secondary N) is 1. The molecule has 2 aromatic carbocycles. The van der Waals surface area contributed by atoms with Gasteiger partial charge in [-0.25, -0.2) is 4.39 Å². The van der Waals surface area contributed by atoms with Gasteiger partial charge >= 0.3 is 0 Å². The summed E-state index contributed by atoms with van der Waals surface area (Å²) in [4.78, 5) is 0. The molecule has 0 aliphatic rings. The lowest BCUT2D eigenvalue weighted by Gasteiger charge is -2.18. The zero-order chi connectivity index (χ0) is 15.2. The van der Waals surface area contributed by atoms with Crippen molar-refractivity contribution in [3.63, 3.8) is 0 Å². The van der Waals surface area contributed by atoms with Crippen molar-refractivity contribution in [2.45, 2.75) is 32.7 Å². The van der Waals surface area contributed by atoms with Crippen molar-refractivity contribution < 1.29 is 4.39 Å². The van der Waals surface area contributed by atoms with E-state index < -0.39 is 0 Å². The van der Waals surface area contributed by atoms with E-state index in [0.717, 1.165) is 18.4 Å². The molecule has 0 saturated carbocycles. The third kappa shape index (κ3) is 4.66. The number of halogens is 1. The van der Waals surface area contributed by atoms with Crippen molar-refractivity contribution in [3.05, 3.63) is 71.0 Å². The fraction of sp³-hybridized carbons (Fsp3) is 0.333. The number of nitrogens with two attached hydrogens (primary N) is 1. The molecule has 2 rings (SSSR count). The Hall–Kier alpha value is -1.71. The van der Waals surface area contributed by atoms with Gasteiger partial charge in [-0.3, -0.25) is 11.3 Å². The van der Waals surface area contributed by atoms with Gasteiger partial charge in [-0.1, -0.05) is 50.2 Å². The molecule has 0 fully saturated rings. The molecule has 1 atom stereocenters. The molecule has 0 aliphatic heterocycles. The Balaban J connectivity index is 2.15. The monoisotopic (exact) mass is 286 g/mol. The second-order valence-electron chi connectivity index (χ2n) is 5.89. The zero-order valence-corrected chi connectivity index (χ0v) is 12.6. The van der Waals surface area contributed by atoms with Crippen LogP contribution in [-0.2, 0) is 12.8 Å². The molecule has 0 saturated heterocycles. The van der Waals surface area contributed by atoms with E-state index in [2.05, 4.69) is 43.5 Å². The van der Waals surface area contributed by atoms with E-state index in [9.17, 15) is 4.39 Å². The first-order chi connectivity index (χ1) is 10.1. The van der Waals surface area contributed by atoms with Gasteiger partial charge in [0, 0.05) is 6.04 Å². The zero-order valence-electron chi connectivity index (χ0n) is 12.6. The molecular formula is C18H23FN2. The summed E-state index contributed by atoms with van der Waals surface area (Å²) < 4.78 is 13.0. The first kappa shape index (κ1) is 15.7. The van der Waals surface area contributed by atoms with Crippen LogP contribution in [0.3, 0.4) is 0 Å². The Morgan fingerprint density at radius 3 is 2.33 bits per heavy atom. The fourth-order valence-electron chi connectivity index (χ4n) is 2.54. The van der Waals surface area contributed by atoms with E-state index in [0.29, 0.717) is 5.92 Å². The predicted octanol–water partition coefficient (Wildman–Crippen LogP) is 3.77. The van der Waals surface area contributed by atoms with E-state index in [-0.39, 0.29) is 11.9 Å². The van der Waals surface area contributed by atoms with Gasteiger partial charge in [-0.05, 0) is 47.6 Å². The van der Waals surface area contributed by atoms with Crippen molar-refractivity contribution in [3.8, 4) is 0 Å². The minimum Gasteiger partial charge on any atom is -0.271 e. The van der Waals surface area contributed by atoms with E-state index in [1.807, 2.05) is 0 Å². The topological polar surface area (TPSA) is 38.0 Å². The van der Waals surface area contributed by atoms with Gasteiger partial charge in [0.2, 0.25) is 0 Å². The molecule has 0 radical (unpaired) electrons. The van der Waals surface area contributed by atoms with E-state index in [4.69, 9.17) is 5.84 Å². The normalized spacial score (nSPS) is 12.6. The van der Waals surface area contributed by atoms with Crippen LogP contribution < -0.4 is 11.3 Å². The molecular weight excluding hydrogens is 263 g/mol. The van der Waals surface area contributed by atoms with E-state index in [1.54, 1.807) is 12.1 Å². The number of hydrogen-bond acceptors (Lipinski definition) is 2. The summed E-state index contributed by atoms with van der Waals surface area (Å²) in [6.07, 6.45) is 1.80. The first-order valence-electron chi connectivity index (χ1n) is 7.38. The molecule has 0 aliphatic carbocycles. The molecule has 0 heterocycles. The maximum absolute atomic E-state index is 13.0. The molecule has 0 aromatic heterocycles. The highest BCUT2D eigenvalue weighted by Crippen LogP contribution is 2.20. The lowest BCUT2D eigenvalue weighted by atomic mass is 9.95. The fourth-order valence-corrected chi connectivity index (χ4v) is 2.54.